The second-order valence-corrected chi connectivity index (χ2v) is 12.5. The molecular formula is C37H46N2O2. The van der Waals surface area contributed by atoms with Crippen molar-refractivity contribution < 1.29 is 9.53 Å². The molecule has 0 aromatic heterocycles. The first-order chi connectivity index (χ1) is 19.8. The quantitative estimate of drug-likeness (QED) is 0.250. The monoisotopic (exact) mass is 550 g/mol. The van der Waals surface area contributed by atoms with Gasteiger partial charge in [-0.2, -0.15) is 0 Å². The van der Waals surface area contributed by atoms with Crippen molar-refractivity contribution in [2.75, 3.05) is 7.05 Å². The number of nitrogens with one attached hydrogen (secondary N) is 1. The van der Waals surface area contributed by atoms with Crippen molar-refractivity contribution >= 4 is 5.97 Å². The number of carbonyl (C=O) groups excluding carboxylic acids is 1. The topological polar surface area (TPSA) is 41.6 Å². The fourth-order valence-corrected chi connectivity index (χ4v) is 6.27. The number of rotatable bonds is 9. The van der Waals surface area contributed by atoms with Crippen LogP contribution in [0.2, 0.25) is 0 Å². The minimum atomic E-state index is -0.327. The van der Waals surface area contributed by atoms with Crippen molar-refractivity contribution in [1.29, 1.82) is 0 Å². The molecule has 0 heterocycles. The second-order valence-electron chi connectivity index (χ2n) is 12.5. The third-order valence-electron chi connectivity index (χ3n) is 9.10. The molecule has 2 aromatic carbocycles. The van der Waals surface area contributed by atoms with Gasteiger partial charge in [0.25, 0.3) is 0 Å². The molecule has 4 nitrogen and oxygen atoms in total. The van der Waals surface area contributed by atoms with Gasteiger partial charge in [-0.1, -0.05) is 69.5 Å². The van der Waals surface area contributed by atoms with E-state index in [1.807, 2.05) is 36.4 Å². The van der Waals surface area contributed by atoms with E-state index in [0.29, 0.717) is 17.4 Å². The van der Waals surface area contributed by atoms with E-state index in [1.54, 1.807) is 0 Å². The van der Waals surface area contributed by atoms with Crippen LogP contribution in [0.25, 0.3) is 0 Å². The predicted octanol–water partition coefficient (Wildman–Crippen LogP) is 8.68. The van der Waals surface area contributed by atoms with Crippen molar-refractivity contribution in [3.63, 3.8) is 0 Å². The van der Waals surface area contributed by atoms with E-state index in [2.05, 4.69) is 74.5 Å². The molecule has 1 fully saturated rings. The van der Waals surface area contributed by atoms with E-state index in [4.69, 9.17) is 4.74 Å². The van der Waals surface area contributed by atoms with E-state index < -0.39 is 0 Å². The van der Waals surface area contributed by atoms with E-state index >= 15 is 0 Å². The third kappa shape index (κ3) is 7.22. The summed E-state index contributed by atoms with van der Waals surface area (Å²) in [6, 6.07) is 14.5. The molecule has 216 valence electrons. The van der Waals surface area contributed by atoms with Crippen LogP contribution >= 0.6 is 0 Å². The molecule has 0 radical (unpaired) electrons. The van der Waals surface area contributed by atoms with Gasteiger partial charge < -0.3 is 15.0 Å². The van der Waals surface area contributed by atoms with Gasteiger partial charge in [-0.05, 0) is 104 Å². The summed E-state index contributed by atoms with van der Waals surface area (Å²) < 4.78 is 5.77. The minimum absolute atomic E-state index is 0.0997. The van der Waals surface area contributed by atoms with Gasteiger partial charge in [-0.15, -0.1) is 0 Å². The Morgan fingerprint density at radius 3 is 2.44 bits per heavy atom. The highest BCUT2D eigenvalue weighted by molar-refractivity contribution is 5.91. The summed E-state index contributed by atoms with van der Waals surface area (Å²) in [5.74, 6) is 0.256. The van der Waals surface area contributed by atoms with Crippen LogP contribution < -0.4 is 10.1 Å². The van der Waals surface area contributed by atoms with E-state index in [1.165, 1.54) is 60.2 Å². The molecule has 5 rings (SSSR count). The van der Waals surface area contributed by atoms with Crippen LogP contribution in [0.3, 0.4) is 0 Å². The fraction of sp³-hybridized carbons (Fsp3) is 0.432. The number of ether oxygens (including phenoxy) is 1. The summed E-state index contributed by atoms with van der Waals surface area (Å²) in [5.41, 5.74) is 8.08. The van der Waals surface area contributed by atoms with Crippen LogP contribution in [-0.2, 0) is 12.0 Å². The molecule has 4 heteroatoms. The Balaban J connectivity index is 1.16. The molecule has 1 saturated carbocycles. The number of benzene rings is 2. The first-order valence-electron chi connectivity index (χ1n) is 15.5. The highest BCUT2D eigenvalue weighted by Crippen LogP contribution is 2.34. The zero-order chi connectivity index (χ0) is 28.8. The number of esters is 1. The molecule has 0 spiro atoms. The lowest BCUT2D eigenvalue weighted by atomic mass is 9.76. The van der Waals surface area contributed by atoms with Crippen LogP contribution in [0.15, 0.2) is 89.8 Å². The number of aryl methyl sites for hydroxylation is 1. The number of hydrogen-bond donors (Lipinski definition) is 1. The molecule has 0 amide bonds. The van der Waals surface area contributed by atoms with Gasteiger partial charge in [0.1, 0.15) is 5.75 Å². The van der Waals surface area contributed by atoms with Crippen molar-refractivity contribution in [3.05, 3.63) is 112 Å². The Labute approximate surface area is 246 Å². The Kier molecular flexibility index (Phi) is 9.17. The predicted molar refractivity (Wildman–Crippen MR) is 169 cm³/mol. The van der Waals surface area contributed by atoms with E-state index in [-0.39, 0.29) is 11.4 Å². The Hall–Kier alpha value is -3.53. The van der Waals surface area contributed by atoms with Gasteiger partial charge >= 0.3 is 5.97 Å². The number of hydrogen-bond acceptors (Lipinski definition) is 4. The van der Waals surface area contributed by atoms with Crippen LogP contribution in [0, 0.1) is 6.92 Å². The summed E-state index contributed by atoms with van der Waals surface area (Å²) in [4.78, 5) is 15.3. The number of nitrogens with zero attached hydrogens (tertiary/aromatic N) is 1. The van der Waals surface area contributed by atoms with Crippen molar-refractivity contribution in [1.82, 2.24) is 10.2 Å². The third-order valence-corrected chi connectivity index (χ3v) is 9.10. The van der Waals surface area contributed by atoms with Crippen LogP contribution in [0.5, 0.6) is 5.75 Å². The molecule has 3 aliphatic rings. The smallest absolute Gasteiger partial charge is 0.343 e. The van der Waals surface area contributed by atoms with Gasteiger partial charge in [0.05, 0.1) is 5.56 Å². The Bertz CT molecular complexity index is 1350. The van der Waals surface area contributed by atoms with E-state index in [9.17, 15) is 4.79 Å². The number of allylic oxidation sites excluding steroid dienone is 8. The van der Waals surface area contributed by atoms with Gasteiger partial charge in [-0.3, -0.25) is 0 Å². The molecule has 41 heavy (non-hydrogen) atoms. The van der Waals surface area contributed by atoms with Crippen molar-refractivity contribution in [2.45, 2.75) is 96.6 Å². The summed E-state index contributed by atoms with van der Waals surface area (Å²) in [5, 5.41) is 3.78. The average molecular weight is 551 g/mol. The van der Waals surface area contributed by atoms with Crippen LogP contribution in [-0.4, -0.2) is 24.0 Å². The van der Waals surface area contributed by atoms with Gasteiger partial charge in [0.15, 0.2) is 0 Å². The summed E-state index contributed by atoms with van der Waals surface area (Å²) in [6.45, 7) is 7.39. The lowest BCUT2D eigenvalue weighted by Gasteiger charge is -2.29. The van der Waals surface area contributed by atoms with Crippen LogP contribution in [0.4, 0.5) is 0 Å². The maximum atomic E-state index is 12.9. The molecule has 0 atom stereocenters. The highest BCUT2D eigenvalue weighted by Gasteiger charge is 2.25. The second kappa shape index (κ2) is 13.0. The summed E-state index contributed by atoms with van der Waals surface area (Å²) in [6.07, 6.45) is 22.4. The standard InChI is InChI=1S/C37H46N2O2/c1-27-25-35(41-36(40)28-15-18-31(19-16-28)37(2,3)30-11-7-5-8-12-30)24-17-29(27)26-39(4)34-22-20-33(21-23-34)38-32-13-9-6-10-14-32/h7,11-12,15-20,22,24-25,32,38H,5-6,8-10,13-14,21,23,26H2,1-4H3. The molecular weight excluding hydrogens is 504 g/mol. The van der Waals surface area contributed by atoms with Crippen LogP contribution in [0.1, 0.15) is 98.7 Å². The van der Waals surface area contributed by atoms with Gasteiger partial charge in [-0.25, -0.2) is 4.79 Å². The molecule has 0 saturated heterocycles. The van der Waals surface area contributed by atoms with Crippen molar-refractivity contribution in [2.24, 2.45) is 0 Å². The maximum absolute atomic E-state index is 12.9. The zero-order valence-electron chi connectivity index (χ0n) is 25.3. The minimum Gasteiger partial charge on any atom is -0.423 e. The summed E-state index contributed by atoms with van der Waals surface area (Å²) in [7, 11) is 2.17. The highest BCUT2D eigenvalue weighted by atomic mass is 16.5. The van der Waals surface area contributed by atoms with Gasteiger partial charge in [0, 0.05) is 36.4 Å². The first-order valence-corrected chi connectivity index (χ1v) is 15.5. The lowest BCUT2D eigenvalue weighted by Crippen LogP contribution is -2.31. The molecule has 3 aliphatic carbocycles. The normalized spacial score (nSPS) is 17.8. The van der Waals surface area contributed by atoms with Crippen molar-refractivity contribution in [3.8, 4) is 5.75 Å². The molecule has 0 aliphatic heterocycles. The summed E-state index contributed by atoms with van der Waals surface area (Å²) >= 11 is 0. The Morgan fingerprint density at radius 1 is 1.00 bits per heavy atom. The number of carbonyl (C=O) groups is 1. The fourth-order valence-electron chi connectivity index (χ4n) is 6.27. The average Bonchev–Trinajstić information content (AvgIpc) is 3.00. The molecule has 0 unspecified atom stereocenters. The van der Waals surface area contributed by atoms with E-state index in [0.717, 1.165) is 37.8 Å². The lowest BCUT2D eigenvalue weighted by molar-refractivity contribution is 0.0734. The van der Waals surface area contributed by atoms with Gasteiger partial charge in [0.2, 0.25) is 0 Å². The zero-order valence-corrected chi connectivity index (χ0v) is 25.3. The SMILES string of the molecule is Cc1cc(OC(=O)c2ccc(C(C)(C)C3=CCCC=C3)cc2)ccc1CN(C)C1=CC=C(NC2CCCCC2)CC1. The molecule has 1 N–H and O–H groups in total. The Morgan fingerprint density at radius 2 is 1.78 bits per heavy atom. The maximum Gasteiger partial charge on any atom is 0.343 e. The molecule has 0 bridgehead atoms. The largest absolute Gasteiger partial charge is 0.423 e. The first kappa shape index (κ1) is 29.0. The molecule has 2 aromatic rings.